The molecule has 0 aliphatic carbocycles. The summed E-state index contributed by atoms with van der Waals surface area (Å²) >= 11 is 5.10. The normalized spacial score (nSPS) is 11.1. The van der Waals surface area contributed by atoms with Crippen LogP contribution in [0.15, 0.2) is 29.9 Å². The summed E-state index contributed by atoms with van der Waals surface area (Å²) in [6.45, 7) is 12.5. The van der Waals surface area contributed by atoms with E-state index < -0.39 is 0 Å². The van der Waals surface area contributed by atoms with Crippen LogP contribution in [0.2, 0.25) is 0 Å². The molecule has 0 saturated carbocycles. The number of nitrogens with zero attached hydrogens (tertiary/aromatic N) is 1. The number of aryl methyl sites for hydroxylation is 3. The average molecular weight is 275 g/mol. The summed E-state index contributed by atoms with van der Waals surface area (Å²) in [6.07, 6.45) is 1.75. The van der Waals surface area contributed by atoms with Gasteiger partial charge in [-0.15, -0.1) is 6.58 Å². The van der Waals surface area contributed by atoms with E-state index in [9.17, 15) is 0 Å². The maximum absolute atomic E-state index is 5.10. The predicted octanol–water partition coefficient (Wildman–Crippen LogP) is 2.99. The lowest BCUT2D eigenvalue weighted by Crippen LogP contribution is -2.32. The van der Waals surface area contributed by atoms with Crippen molar-refractivity contribution in [3.8, 4) is 0 Å². The molecule has 102 valence electrons. The van der Waals surface area contributed by atoms with Gasteiger partial charge in [0.15, 0.2) is 5.11 Å². The smallest absolute Gasteiger partial charge is 0.187 e. The Bertz CT molecular complexity index is 495. The third-order valence-corrected chi connectivity index (χ3v) is 3.01. The summed E-state index contributed by atoms with van der Waals surface area (Å²) in [4.78, 5) is 0. The van der Waals surface area contributed by atoms with Gasteiger partial charge >= 0.3 is 0 Å². The van der Waals surface area contributed by atoms with E-state index >= 15 is 0 Å². The molecule has 0 aliphatic rings. The summed E-state index contributed by atoms with van der Waals surface area (Å²) in [5.74, 6) is 0. The van der Waals surface area contributed by atoms with E-state index in [-0.39, 0.29) is 0 Å². The van der Waals surface area contributed by atoms with Crippen molar-refractivity contribution in [2.45, 2.75) is 27.7 Å². The first-order chi connectivity index (χ1) is 8.95. The zero-order chi connectivity index (χ0) is 14.4. The van der Waals surface area contributed by atoms with E-state index in [0.29, 0.717) is 11.7 Å². The molecule has 0 amide bonds. The molecule has 3 nitrogen and oxygen atoms in total. The summed E-state index contributed by atoms with van der Waals surface area (Å²) in [5, 5.41) is 7.80. The molecule has 0 unspecified atom stereocenters. The topological polar surface area (TPSA) is 36.4 Å². The maximum Gasteiger partial charge on any atom is 0.187 e. The number of nitrogens with one attached hydrogen (secondary N) is 2. The second kappa shape index (κ2) is 7.04. The SMILES string of the molecule is C=CCNC(=S)N/N=C(/C)c1c(C)cc(C)cc1C. The monoisotopic (exact) mass is 275 g/mol. The van der Waals surface area contributed by atoms with Crippen molar-refractivity contribution in [2.75, 3.05) is 6.54 Å². The molecule has 0 atom stereocenters. The summed E-state index contributed by atoms with van der Waals surface area (Å²) in [6, 6.07) is 4.32. The van der Waals surface area contributed by atoms with E-state index in [1.54, 1.807) is 6.08 Å². The Hall–Kier alpha value is -1.68. The Labute approximate surface area is 120 Å². The van der Waals surface area contributed by atoms with Gasteiger partial charge in [0.05, 0.1) is 5.71 Å². The molecule has 19 heavy (non-hydrogen) atoms. The first-order valence-corrected chi connectivity index (χ1v) is 6.63. The number of thiocarbonyl (C=S) groups is 1. The fraction of sp³-hybridized carbons (Fsp3) is 0.333. The van der Waals surface area contributed by atoms with Crippen molar-refractivity contribution < 1.29 is 0 Å². The fourth-order valence-corrected chi connectivity index (χ4v) is 2.27. The molecule has 0 aliphatic heterocycles. The molecule has 1 aromatic rings. The van der Waals surface area contributed by atoms with E-state index in [4.69, 9.17) is 12.2 Å². The first-order valence-electron chi connectivity index (χ1n) is 6.23. The van der Waals surface area contributed by atoms with E-state index in [1.807, 2.05) is 6.92 Å². The molecule has 0 heterocycles. The van der Waals surface area contributed by atoms with Gasteiger partial charge in [-0.2, -0.15) is 5.10 Å². The zero-order valence-electron chi connectivity index (χ0n) is 12.0. The van der Waals surface area contributed by atoms with Crippen LogP contribution in [0.25, 0.3) is 0 Å². The standard InChI is InChI=1S/C15H21N3S/c1-6-7-16-15(19)18-17-13(5)14-11(3)8-10(2)9-12(14)4/h6,8-9H,1,7H2,2-5H3,(H2,16,18,19)/b17-13-. The van der Waals surface area contributed by atoms with Gasteiger partial charge in [0.1, 0.15) is 0 Å². The van der Waals surface area contributed by atoms with Crippen LogP contribution < -0.4 is 10.7 Å². The molecule has 2 N–H and O–H groups in total. The van der Waals surface area contributed by atoms with Crippen LogP contribution in [0, 0.1) is 20.8 Å². The van der Waals surface area contributed by atoms with Gasteiger partial charge in [0.25, 0.3) is 0 Å². The van der Waals surface area contributed by atoms with Crippen LogP contribution in [0.5, 0.6) is 0 Å². The highest BCUT2D eigenvalue weighted by molar-refractivity contribution is 7.80. The molecule has 4 heteroatoms. The van der Waals surface area contributed by atoms with Crippen molar-refractivity contribution >= 4 is 23.0 Å². The second-order valence-corrected chi connectivity index (χ2v) is 4.99. The van der Waals surface area contributed by atoms with Crippen LogP contribution in [0.4, 0.5) is 0 Å². The molecular weight excluding hydrogens is 254 g/mol. The molecular formula is C15H21N3S. The molecule has 1 aromatic carbocycles. The van der Waals surface area contributed by atoms with Crippen LogP contribution in [-0.4, -0.2) is 17.4 Å². The minimum absolute atomic E-state index is 0.502. The zero-order valence-corrected chi connectivity index (χ0v) is 12.8. The van der Waals surface area contributed by atoms with Gasteiger partial charge in [0, 0.05) is 12.1 Å². The van der Waals surface area contributed by atoms with Crippen molar-refractivity contribution in [3.05, 3.63) is 47.0 Å². The lowest BCUT2D eigenvalue weighted by molar-refractivity contribution is 0.935. The van der Waals surface area contributed by atoms with Crippen molar-refractivity contribution in [3.63, 3.8) is 0 Å². The summed E-state index contributed by atoms with van der Waals surface area (Å²) in [5.41, 5.74) is 8.67. The highest BCUT2D eigenvalue weighted by Gasteiger charge is 2.07. The van der Waals surface area contributed by atoms with Crippen molar-refractivity contribution in [1.29, 1.82) is 0 Å². The Morgan fingerprint density at radius 1 is 1.32 bits per heavy atom. The van der Waals surface area contributed by atoms with Crippen molar-refractivity contribution in [1.82, 2.24) is 10.7 Å². The number of benzene rings is 1. The molecule has 0 radical (unpaired) electrons. The van der Waals surface area contributed by atoms with E-state index in [1.165, 1.54) is 22.3 Å². The Kier molecular flexibility index (Phi) is 5.70. The van der Waals surface area contributed by atoms with Crippen LogP contribution >= 0.6 is 12.2 Å². The van der Waals surface area contributed by atoms with Gasteiger partial charge in [-0.05, 0) is 51.0 Å². The largest absolute Gasteiger partial charge is 0.358 e. The Morgan fingerprint density at radius 2 is 1.89 bits per heavy atom. The third kappa shape index (κ3) is 4.48. The summed E-state index contributed by atoms with van der Waals surface area (Å²) < 4.78 is 0. The lowest BCUT2D eigenvalue weighted by Gasteiger charge is -2.12. The highest BCUT2D eigenvalue weighted by atomic mass is 32.1. The first kappa shape index (κ1) is 15.4. The minimum atomic E-state index is 0.502. The molecule has 0 aromatic heterocycles. The number of hydrazone groups is 1. The molecule has 1 rings (SSSR count). The molecule has 0 fully saturated rings. The van der Waals surface area contributed by atoms with Crippen molar-refractivity contribution in [2.24, 2.45) is 5.10 Å². The quantitative estimate of drug-likeness (QED) is 0.384. The van der Waals surface area contributed by atoms with Gasteiger partial charge in [-0.25, -0.2) is 0 Å². The fourth-order valence-electron chi connectivity index (χ4n) is 2.15. The van der Waals surface area contributed by atoms with E-state index in [0.717, 1.165) is 5.71 Å². The maximum atomic E-state index is 5.10. The van der Waals surface area contributed by atoms with Crippen LogP contribution in [0.3, 0.4) is 0 Å². The lowest BCUT2D eigenvalue weighted by atomic mass is 9.97. The van der Waals surface area contributed by atoms with Gasteiger partial charge in [-0.1, -0.05) is 23.8 Å². The molecule has 0 bridgehead atoms. The average Bonchev–Trinajstić information content (AvgIpc) is 2.32. The van der Waals surface area contributed by atoms with Crippen LogP contribution in [0.1, 0.15) is 29.2 Å². The van der Waals surface area contributed by atoms with Gasteiger partial charge in [0.2, 0.25) is 0 Å². The third-order valence-electron chi connectivity index (χ3n) is 2.77. The summed E-state index contributed by atoms with van der Waals surface area (Å²) in [7, 11) is 0. The van der Waals surface area contributed by atoms with Gasteiger partial charge < -0.3 is 5.32 Å². The van der Waals surface area contributed by atoms with Gasteiger partial charge in [-0.3, -0.25) is 5.43 Å². The highest BCUT2D eigenvalue weighted by Crippen LogP contribution is 2.17. The number of rotatable bonds is 4. The predicted molar refractivity (Wildman–Crippen MR) is 86.8 cm³/mol. The number of hydrogen-bond donors (Lipinski definition) is 2. The van der Waals surface area contributed by atoms with Crippen LogP contribution in [-0.2, 0) is 0 Å². The minimum Gasteiger partial charge on any atom is -0.358 e. The molecule has 0 saturated heterocycles. The second-order valence-electron chi connectivity index (χ2n) is 4.58. The van der Waals surface area contributed by atoms with E-state index in [2.05, 4.69) is 55.3 Å². The Balaban J connectivity index is 2.85. The number of hydrogen-bond acceptors (Lipinski definition) is 2. The Morgan fingerprint density at radius 3 is 2.42 bits per heavy atom. The molecule has 0 spiro atoms.